The van der Waals surface area contributed by atoms with Gasteiger partial charge in [-0.15, -0.1) is 0 Å². The van der Waals surface area contributed by atoms with Gasteiger partial charge in [-0.1, -0.05) is 43.0 Å². The van der Waals surface area contributed by atoms with Crippen LogP contribution in [0, 0.1) is 0 Å². The molecule has 1 spiro atoms. The van der Waals surface area contributed by atoms with E-state index in [1.54, 1.807) is 24.3 Å². The molecule has 1 N–H and O–H groups in total. The van der Waals surface area contributed by atoms with E-state index in [1.165, 1.54) is 4.90 Å². The largest absolute Gasteiger partial charge is 0.309 e. The number of hydrogen-bond acceptors (Lipinski definition) is 4. The summed E-state index contributed by atoms with van der Waals surface area (Å²) in [6, 6.07) is 3.44. The van der Waals surface area contributed by atoms with Crippen molar-refractivity contribution in [1.82, 2.24) is 10.3 Å². The summed E-state index contributed by atoms with van der Waals surface area (Å²) in [5, 5.41) is 3.05. The molecule has 0 radical (unpaired) electrons. The Morgan fingerprint density at radius 1 is 1.41 bits per heavy atom. The number of amides is 2. The van der Waals surface area contributed by atoms with Crippen LogP contribution in [0.1, 0.15) is 44.7 Å². The molecule has 6 nitrogen and oxygen atoms in total. The highest BCUT2D eigenvalue weighted by Gasteiger charge is 2.52. The molecule has 1 aliphatic carbocycles. The van der Waals surface area contributed by atoms with Crippen molar-refractivity contribution in [2.75, 3.05) is 11.4 Å². The summed E-state index contributed by atoms with van der Waals surface area (Å²) in [7, 11) is 0. The van der Waals surface area contributed by atoms with E-state index in [0.717, 1.165) is 32.1 Å². The third-order valence-corrected chi connectivity index (χ3v) is 5.34. The first-order chi connectivity index (χ1) is 13.0. The van der Waals surface area contributed by atoms with Gasteiger partial charge in [0.05, 0.1) is 16.8 Å². The van der Waals surface area contributed by atoms with Crippen LogP contribution in [0.4, 0.5) is 5.69 Å². The number of allylic oxidation sites excluding steroid dienone is 3. The maximum Gasteiger partial charge on any atom is 0.245 e. The number of anilines is 1. The fourth-order valence-corrected chi connectivity index (χ4v) is 4.02. The maximum atomic E-state index is 13.3. The zero-order valence-electron chi connectivity index (χ0n) is 15.4. The lowest BCUT2D eigenvalue weighted by molar-refractivity contribution is -0.127. The standard InChI is InChI=1S/C20H23ClN4O2/c1-3-4-8-16(22-2)24-17(26)13-25-14-9-10-15(21)23-18(14)20(19(25)27)11-6-5-7-12-20/h3-4,8-10H,2,5-7,11-13H2,1H3,(H,24,26)/b4-3-,16-8+. The van der Waals surface area contributed by atoms with Gasteiger partial charge in [0.15, 0.2) is 0 Å². The van der Waals surface area contributed by atoms with E-state index < -0.39 is 5.41 Å². The van der Waals surface area contributed by atoms with Gasteiger partial charge in [-0.3, -0.25) is 9.59 Å². The summed E-state index contributed by atoms with van der Waals surface area (Å²) in [6.45, 7) is 5.22. The Bertz CT molecular complexity index is 825. The molecule has 27 heavy (non-hydrogen) atoms. The highest BCUT2D eigenvalue weighted by molar-refractivity contribution is 6.29. The first-order valence-electron chi connectivity index (χ1n) is 9.10. The van der Waals surface area contributed by atoms with Crippen LogP contribution in [-0.4, -0.2) is 30.1 Å². The van der Waals surface area contributed by atoms with Gasteiger partial charge in [-0.2, -0.15) is 0 Å². The number of carbonyl (C=O) groups excluding carboxylic acids is 2. The zero-order chi connectivity index (χ0) is 19.4. The Morgan fingerprint density at radius 2 is 2.15 bits per heavy atom. The summed E-state index contributed by atoms with van der Waals surface area (Å²) < 4.78 is 0. The van der Waals surface area contributed by atoms with Crippen LogP contribution in [0.15, 0.2) is 41.2 Å². The molecule has 1 fully saturated rings. The van der Waals surface area contributed by atoms with Crippen molar-refractivity contribution >= 4 is 35.8 Å². The van der Waals surface area contributed by atoms with E-state index in [0.29, 0.717) is 22.4 Å². The Kier molecular flexibility index (Phi) is 5.75. The molecule has 0 saturated heterocycles. The lowest BCUT2D eigenvalue weighted by atomic mass is 9.72. The van der Waals surface area contributed by atoms with Gasteiger partial charge in [-0.25, -0.2) is 9.98 Å². The molecule has 1 aromatic rings. The number of halogens is 1. The van der Waals surface area contributed by atoms with E-state index >= 15 is 0 Å². The topological polar surface area (TPSA) is 74.7 Å². The van der Waals surface area contributed by atoms with Crippen LogP contribution in [-0.2, 0) is 15.0 Å². The van der Waals surface area contributed by atoms with Gasteiger partial charge >= 0.3 is 0 Å². The number of nitrogens with one attached hydrogen (secondary N) is 1. The molecule has 3 rings (SSSR count). The molecule has 2 heterocycles. The fourth-order valence-electron chi connectivity index (χ4n) is 3.88. The molecule has 0 atom stereocenters. The third kappa shape index (κ3) is 3.67. The fraction of sp³-hybridized carbons (Fsp3) is 0.400. The molecule has 0 aromatic carbocycles. The molecular formula is C20H23ClN4O2. The second-order valence-corrected chi connectivity index (χ2v) is 7.21. The van der Waals surface area contributed by atoms with Gasteiger partial charge in [-0.05, 0) is 44.7 Å². The van der Waals surface area contributed by atoms with E-state index in [4.69, 9.17) is 11.6 Å². The minimum atomic E-state index is -0.654. The average molecular weight is 387 g/mol. The molecule has 1 saturated carbocycles. The van der Waals surface area contributed by atoms with E-state index in [2.05, 4.69) is 22.0 Å². The molecule has 0 bridgehead atoms. The lowest BCUT2D eigenvalue weighted by Crippen LogP contribution is -2.45. The number of fused-ring (bicyclic) bond motifs is 2. The van der Waals surface area contributed by atoms with Gasteiger partial charge < -0.3 is 10.2 Å². The highest BCUT2D eigenvalue weighted by atomic mass is 35.5. The van der Waals surface area contributed by atoms with E-state index in [1.807, 2.05) is 13.0 Å². The smallest absolute Gasteiger partial charge is 0.245 e. The number of nitrogens with zero attached hydrogens (tertiary/aromatic N) is 3. The molecule has 2 amide bonds. The van der Waals surface area contributed by atoms with Crippen molar-refractivity contribution < 1.29 is 9.59 Å². The first-order valence-corrected chi connectivity index (χ1v) is 9.48. The molecule has 2 aliphatic rings. The van der Waals surface area contributed by atoms with Gasteiger partial charge in [0.25, 0.3) is 0 Å². The number of aliphatic imine (C=N–C) groups is 1. The summed E-state index contributed by atoms with van der Waals surface area (Å²) in [4.78, 5) is 35.6. The number of pyridine rings is 1. The lowest BCUT2D eigenvalue weighted by Gasteiger charge is -2.31. The molecule has 142 valence electrons. The quantitative estimate of drug-likeness (QED) is 0.478. The predicted molar refractivity (Wildman–Crippen MR) is 107 cm³/mol. The minimum absolute atomic E-state index is 0.0623. The Balaban J connectivity index is 1.87. The summed E-state index contributed by atoms with van der Waals surface area (Å²) in [5.74, 6) is -0.0560. The Hall–Kier alpha value is -2.47. The SMILES string of the molecule is C=N/C(=C\C=C/C)NC(=O)CN1C(=O)C2(CCCCC2)c2nc(Cl)ccc21. The minimum Gasteiger partial charge on any atom is -0.309 e. The molecule has 1 aliphatic heterocycles. The van der Waals surface area contributed by atoms with Crippen LogP contribution >= 0.6 is 11.6 Å². The van der Waals surface area contributed by atoms with Crippen molar-refractivity contribution in [1.29, 1.82) is 0 Å². The maximum absolute atomic E-state index is 13.3. The number of carbonyl (C=O) groups is 2. The summed E-state index contributed by atoms with van der Waals surface area (Å²) in [6.07, 6.45) is 9.75. The number of hydrogen-bond donors (Lipinski definition) is 1. The van der Waals surface area contributed by atoms with Crippen LogP contribution in [0.5, 0.6) is 0 Å². The second-order valence-electron chi connectivity index (χ2n) is 6.82. The number of aromatic nitrogens is 1. The van der Waals surface area contributed by atoms with Crippen molar-refractivity contribution in [3.05, 3.63) is 47.0 Å². The van der Waals surface area contributed by atoms with Crippen molar-refractivity contribution in [3.63, 3.8) is 0 Å². The summed E-state index contributed by atoms with van der Waals surface area (Å²) >= 11 is 6.11. The van der Waals surface area contributed by atoms with Crippen molar-refractivity contribution in [2.45, 2.75) is 44.4 Å². The van der Waals surface area contributed by atoms with Crippen LogP contribution in [0.3, 0.4) is 0 Å². The van der Waals surface area contributed by atoms with Gasteiger partial charge in [0.1, 0.15) is 17.5 Å². The van der Waals surface area contributed by atoms with Crippen molar-refractivity contribution in [2.24, 2.45) is 4.99 Å². The highest BCUT2D eigenvalue weighted by Crippen LogP contribution is 2.49. The Labute approximate surface area is 164 Å². The normalized spacial score (nSPS) is 18.8. The second kappa shape index (κ2) is 8.05. The van der Waals surface area contributed by atoms with E-state index in [9.17, 15) is 9.59 Å². The first kappa shape index (κ1) is 19.3. The molecule has 0 unspecified atom stereocenters. The number of rotatable bonds is 5. The average Bonchev–Trinajstić information content (AvgIpc) is 2.88. The van der Waals surface area contributed by atoms with Crippen LogP contribution in [0.25, 0.3) is 0 Å². The van der Waals surface area contributed by atoms with Crippen molar-refractivity contribution in [3.8, 4) is 0 Å². The predicted octanol–water partition coefficient (Wildman–Crippen LogP) is 3.52. The third-order valence-electron chi connectivity index (χ3n) is 5.13. The molecular weight excluding hydrogens is 364 g/mol. The van der Waals surface area contributed by atoms with Gasteiger partial charge in [0.2, 0.25) is 11.8 Å². The zero-order valence-corrected chi connectivity index (χ0v) is 16.1. The van der Waals surface area contributed by atoms with E-state index in [-0.39, 0.29) is 18.4 Å². The monoisotopic (exact) mass is 386 g/mol. The van der Waals surface area contributed by atoms with Gasteiger partial charge in [0, 0.05) is 0 Å². The summed E-state index contributed by atoms with van der Waals surface area (Å²) in [5.41, 5.74) is 0.727. The van der Waals surface area contributed by atoms with Crippen LogP contribution < -0.4 is 10.2 Å². The molecule has 1 aromatic heterocycles. The Morgan fingerprint density at radius 3 is 2.81 bits per heavy atom. The molecule has 7 heteroatoms. The van der Waals surface area contributed by atoms with Crippen LogP contribution in [0.2, 0.25) is 5.15 Å².